The molecule has 1 saturated heterocycles. The fraction of sp³-hybridized carbons (Fsp3) is 0.400. The molecule has 19 heavy (non-hydrogen) atoms. The number of hydrogen-bond donors (Lipinski definition) is 1. The number of nitrogens with one attached hydrogen (secondary N) is 1. The third kappa shape index (κ3) is 3.15. The van der Waals surface area contributed by atoms with E-state index in [-0.39, 0.29) is 0 Å². The summed E-state index contributed by atoms with van der Waals surface area (Å²) in [7, 11) is 0. The summed E-state index contributed by atoms with van der Waals surface area (Å²) in [5.41, 5.74) is 2.25. The van der Waals surface area contributed by atoms with Crippen molar-refractivity contribution in [1.82, 2.24) is 9.78 Å². The molecule has 0 aliphatic carbocycles. The van der Waals surface area contributed by atoms with Crippen molar-refractivity contribution in [3.63, 3.8) is 0 Å². The topological polar surface area (TPSA) is 39.1 Å². The highest BCUT2D eigenvalue weighted by molar-refractivity contribution is 5.48. The van der Waals surface area contributed by atoms with Crippen molar-refractivity contribution >= 4 is 5.69 Å². The number of aromatic nitrogens is 2. The van der Waals surface area contributed by atoms with Gasteiger partial charge in [-0.1, -0.05) is 0 Å². The lowest BCUT2D eigenvalue weighted by Crippen LogP contribution is -2.22. The summed E-state index contributed by atoms with van der Waals surface area (Å²) >= 11 is 0. The molecule has 4 heteroatoms. The first-order chi connectivity index (χ1) is 9.42. The number of ether oxygens (including phenoxy) is 1. The Balaban J connectivity index is 1.57. The van der Waals surface area contributed by atoms with E-state index in [2.05, 4.69) is 34.7 Å². The van der Waals surface area contributed by atoms with Crippen LogP contribution in [0.5, 0.6) is 0 Å². The van der Waals surface area contributed by atoms with Crippen LogP contribution in [0.25, 0.3) is 5.69 Å². The maximum Gasteiger partial charge on any atom is 0.0647 e. The van der Waals surface area contributed by atoms with Crippen LogP contribution in [-0.2, 0) is 4.74 Å². The number of hydrogen-bond acceptors (Lipinski definition) is 3. The van der Waals surface area contributed by atoms with E-state index in [0.29, 0.717) is 0 Å². The van der Waals surface area contributed by atoms with Gasteiger partial charge in [0.2, 0.25) is 0 Å². The lowest BCUT2D eigenvalue weighted by atomic mass is 10.0. The summed E-state index contributed by atoms with van der Waals surface area (Å²) in [4.78, 5) is 0. The molecule has 3 rings (SSSR count). The average molecular weight is 257 g/mol. The van der Waals surface area contributed by atoms with E-state index in [9.17, 15) is 0 Å². The number of nitrogens with zero attached hydrogens (tertiary/aromatic N) is 2. The largest absolute Gasteiger partial charge is 0.385 e. The Bertz CT molecular complexity index is 487. The Morgan fingerprint density at radius 2 is 2.00 bits per heavy atom. The van der Waals surface area contributed by atoms with Gasteiger partial charge < -0.3 is 10.1 Å². The minimum Gasteiger partial charge on any atom is -0.385 e. The van der Waals surface area contributed by atoms with Crippen molar-refractivity contribution < 1.29 is 4.74 Å². The highest BCUT2D eigenvalue weighted by atomic mass is 16.5. The molecule has 2 aromatic rings. The Kier molecular flexibility index (Phi) is 3.79. The van der Waals surface area contributed by atoms with Crippen LogP contribution in [0.2, 0.25) is 0 Å². The predicted octanol–water partition coefficient (Wildman–Crippen LogP) is 2.71. The predicted molar refractivity (Wildman–Crippen MR) is 75.6 cm³/mol. The Morgan fingerprint density at radius 1 is 1.21 bits per heavy atom. The highest BCUT2D eigenvalue weighted by Gasteiger charge is 2.13. The molecule has 1 aliphatic heterocycles. The summed E-state index contributed by atoms with van der Waals surface area (Å²) in [6, 6.07) is 10.3. The molecule has 1 aromatic heterocycles. The zero-order valence-corrected chi connectivity index (χ0v) is 11.0. The standard InChI is InChI=1S/C15H19N3O/c1-8-17-18(9-1)15-4-2-14(3-5-15)16-12-13-6-10-19-11-7-13/h1-5,8-9,13,16H,6-7,10-12H2. The van der Waals surface area contributed by atoms with Gasteiger partial charge >= 0.3 is 0 Å². The van der Waals surface area contributed by atoms with E-state index in [1.54, 1.807) is 6.20 Å². The van der Waals surface area contributed by atoms with Crippen molar-refractivity contribution in [1.29, 1.82) is 0 Å². The number of anilines is 1. The van der Waals surface area contributed by atoms with Crippen molar-refractivity contribution in [3.05, 3.63) is 42.7 Å². The lowest BCUT2D eigenvalue weighted by Gasteiger charge is -2.22. The first-order valence-corrected chi connectivity index (χ1v) is 6.83. The molecule has 1 aromatic carbocycles. The molecule has 0 bridgehead atoms. The van der Waals surface area contributed by atoms with Crippen molar-refractivity contribution in [3.8, 4) is 5.69 Å². The van der Waals surface area contributed by atoms with E-state index >= 15 is 0 Å². The first-order valence-electron chi connectivity index (χ1n) is 6.83. The van der Waals surface area contributed by atoms with Crippen LogP contribution in [0, 0.1) is 5.92 Å². The van der Waals surface area contributed by atoms with E-state index < -0.39 is 0 Å². The maximum absolute atomic E-state index is 5.37. The van der Waals surface area contributed by atoms with Gasteiger partial charge in [0.05, 0.1) is 5.69 Å². The van der Waals surface area contributed by atoms with E-state index in [4.69, 9.17) is 4.74 Å². The van der Waals surface area contributed by atoms with Crippen molar-refractivity contribution in [2.24, 2.45) is 5.92 Å². The van der Waals surface area contributed by atoms with Crippen LogP contribution in [0.15, 0.2) is 42.7 Å². The highest BCUT2D eigenvalue weighted by Crippen LogP contribution is 2.17. The monoisotopic (exact) mass is 257 g/mol. The van der Waals surface area contributed by atoms with Gasteiger partial charge in [0.15, 0.2) is 0 Å². The fourth-order valence-corrected chi connectivity index (χ4v) is 2.37. The van der Waals surface area contributed by atoms with E-state index in [0.717, 1.165) is 31.4 Å². The molecule has 1 fully saturated rings. The fourth-order valence-electron chi connectivity index (χ4n) is 2.37. The second-order valence-corrected chi connectivity index (χ2v) is 4.93. The summed E-state index contributed by atoms with van der Waals surface area (Å²) in [6.07, 6.45) is 6.07. The average Bonchev–Trinajstić information content (AvgIpc) is 3.01. The second-order valence-electron chi connectivity index (χ2n) is 4.93. The first kappa shape index (κ1) is 12.2. The number of benzene rings is 1. The quantitative estimate of drug-likeness (QED) is 0.915. The van der Waals surface area contributed by atoms with E-state index in [1.807, 2.05) is 16.9 Å². The van der Waals surface area contributed by atoms with Crippen LogP contribution >= 0.6 is 0 Å². The molecular formula is C15H19N3O. The Hall–Kier alpha value is -1.81. The zero-order chi connectivity index (χ0) is 12.9. The molecule has 0 amide bonds. The number of rotatable bonds is 4. The molecule has 2 heterocycles. The van der Waals surface area contributed by atoms with Crippen LogP contribution in [0.3, 0.4) is 0 Å². The van der Waals surface area contributed by atoms with Gasteiger partial charge in [-0.15, -0.1) is 0 Å². The molecule has 0 radical (unpaired) electrons. The molecule has 100 valence electrons. The van der Waals surface area contributed by atoms with Gasteiger partial charge in [-0.3, -0.25) is 0 Å². The lowest BCUT2D eigenvalue weighted by molar-refractivity contribution is 0.0699. The molecule has 0 saturated carbocycles. The van der Waals surface area contributed by atoms with Crippen LogP contribution in [-0.4, -0.2) is 29.5 Å². The summed E-state index contributed by atoms with van der Waals surface area (Å²) < 4.78 is 7.23. The molecule has 0 spiro atoms. The van der Waals surface area contributed by atoms with Crippen LogP contribution in [0.1, 0.15) is 12.8 Å². The molecule has 0 unspecified atom stereocenters. The molecular weight excluding hydrogens is 238 g/mol. The molecule has 1 aliphatic rings. The normalized spacial score (nSPS) is 16.4. The van der Waals surface area contributed by atoms with Crippen LogP contribution < -0.4 is 5.32 Å². The summed E-state index contributed by atoms with van der Waals surface area (Å²) in [5, 5.41) is 7.72. The molecule has 0 atom stereocenters. The SMILES string of the molecule is c1cnn(-c2ccc(NCC3CCOCC3)cc2)c1. The van der Waals surface area contributed by atoms with Gasteiger partial charge in [0, 0.05) is 37.8 Å². The van der Waals surface area contributed by atoms with Gasteiger partial charge in [-0.05, 0) is 49.1 Å². The summed E-state index contributed by atoms with van der Waals surface area (Å²) in [6.45, 7) is 2.85. The third-order valence-corrected chi connectivity index (χ3v) is 3.57. The summed E-state index contributed by atoms with van der Waals surface area (Å²) in [5.74, 6) is 0.736. The smallest absolute Gasteiger partial charge is 0.0647 e. The minimum absolute atomic E-state index is 0.736. The Labute approximate surface area is 113 Å². The van der Waals surface area contributed by atoms with Gasteiger partial charge in [-0.25, -0.2) is 4.68 Å². The third-order valence-electron chi connectivity index (χ3n) is 3.57. The Morgan fingerprint density at radius 3 is 2.68 bits per heavy atom. The zero-order valence-electron chi connectivity index (χ0n) is 11.0. The minimum atomic E-state index is 0.736. The van der Waals surface area contributed by atoms with Crippen molar-refractivity contribution in [2.45, 2.75) is 12.8 Å². The second kappa shape index (κ2) is 5.89. The van der Waals surface area contributed by atoms with Crippen molar-refractivity contribution in [2.75, 3.05) is 25.1 Å². The molecule has 1 N–H and O–H groups in total. The molecule has 4 nitrogen and oxygen atoms in total. The van der Waals surface area contributed by atoms with Gasteiger partial charge in [-0.2, -0.15) is 5.10 Å². The van der Waals surface area contributed by atoms with Crippen LogP contribution in [0.4, 0.5) is 5.69 Å². The van der Waals surface area contributed by atoms with Gasteiger partial charge in [0.25, 0.3) is 0 Å². The van der Waals surface area contributed by atoms with Gasteiger partial charge in [0.1, 0.15) is 0 Å². The van der Waals surface area contributed by atoms with E-state index in [1.165, 1.54) is 18.5 Å². The maximum atomic E-state index is 5.37.